The lowest BCUT2D eigenvalue weighted by Crippen LogP contribution is -2.44. The second-order valence-corrected chi connectivity index (χ2v) is 6.73. The standard InChI is InChI=1S/C17H20ClN3O4/c1-25-13-5-4-11(10-12(13)18)19-14(22)6-9-21-15(23)17(20-16(21)24)7-2-3-8-17/h4-5,10H,2-3,6-9H2,1H3,(H,19,22)(H,20,24). The van der Waals surface area contributed by atoms with Gasteiger partial charge in [-0.1, -0.05) is 24.4 Å². The molecule has 1 aliphatic heterocycles. The van der Waals surface area contributed by atoms with Gasteiger partial charge in [-0.2, -0.15) is 0 Å². The summed E-state index contributed by atoms with van der Waals surface area (Å²) >= 11 is 6.02. The minimum absolute atomic E-state index is 0.0267. The summed E-state index contributed by atoms with van der Waals surface area (Å²) in [6.45, 7) is 0.0577. The summed E-state index contributed by atoms with van der Waals surface area (Å²) in [6.07, 6.45) is 3.23. The van der Waals surface area contributed by atoms with Crippen molar-refractivity contribution in [3.8, 4) is 5.75 Å². The summed E-state index contributed by atoms with van der Waals surface area (Å²) in [6, 6.07) is 4.50. The average Bonchev–Trinajstić information content (AvgIpc) is 3.12. The van der Waals surface area contributed by atoms with Crippen molar-refractivity contribution in [3.05, 3.63) is 23.2 Å². The van der Waals surface area contributed by atoms with Crippen molar-refractivity contribution >= 4 is 35.1 Å². The van der Waals surface area contributed by atoms with Crippen LogP contribution in [0.2, 0.25) is 5.02 Å². The minimum atomic E-state index is -0.739. The van der Waals surface area contributed by atoms with Gasteiger partial charge >= 0.3 is 6.03 Å². The molecule has 1 aromatic carbocycles. The smallest absolute Gasteiger partial charge is 0.325 e. The zero-order valence-corrected chi connectivity index (χ0v) is 14.7. The molecule has 1 aliphatic carbocycles. The summed E-state index contributed by atoms with van der Waals surface area (Å²) in [7, 11) is 1.51. The van der Waals surface area contributed by atoms with E-state index in [1.807, 2.05) is 0 Å². The Morgan fingerprint density at radius 1 is 1.36 bits per heavy atom. The van der Waals surface area contributed by atoms with Crippen LogP contribution in [0.15, 0.2) is 18.2 Å². The van der Waals surface area contributed by atoms with Crippen LogP contribution in [0.1, 0.15) is 32.1 Å². The number of rotatable bonds is 5. The van der Waals surface area contributed by atoms with Crippen molar-refractivity contribution in [2.45, 2.75) is 37.6 Å². The quantitative estimate of drug-likeness (QED) is 0.785. The second kappa shape index (κ2) is 6.92. The fourth-order valence-electron chi connectivity index (χ4n) is 3.38. The Hall–Kier alpha value is -2.28. The minimum Gasteiger partial charge on any atom is -0.495 e. The maximum absolute atomic E-state index is 12.5. The summed E-state index contributed by atoms with van der Waals surface area (Å²) in [5.41, 5.74) is -0.211. The SMILES string of the molecule is COc1ccc(NC(=O)CCN2C(=O)NC3(CCCC3)C2=O)cc1Cl. The lowest BCUT2D eigenvalue weighted by Gasteiger charge is -2.19. The number of halogens is 1. The fourth-order valence-corrected chi connectivity index (χ4v) is 3.64. The van der Waals surface area contributed by atoms with Crippen LogP contribution in [-0.4, -0.2) is 41.9 Å². The van der Waals surface area contributed by atoms with Gasteiger partial charge in [0, 0.05) is 18.7 Å². The van der Waals surface area contributed by atoms with Gasteiger partial charge in [0.15, 0.2) is 0 Å². The predicted octanol–water partition coefficient (Wildman–Crippen LogP) is 2.54. The summed E-state index contributed by atoms with van der Waals surface area (Å²) in [5, 5.41) is 5.88. The molecule has 7 nitrogen and oxygen atoms in total. The van der Waals surface area contributed by atoms with Crippen LogP contribution < -0.4 is 15.4 Å². The molecule has 0 unspecified atom stereocenters. The third-order valence-corrected chi connectivity index (χ3v) is 5.00. The highest BCUT2D eigenvalue weighted by Gasteiger charge is 2.52. The number of anilines is 1. The van der Waals surface area contributed by atoms with Gasteiger partial charge in [0.2, 0.25) is 5.91 Å². The number of hydrogen-bond acceptors (Lipinski definition) is 4. The Kier molecular flexibility index (Phi) is 4.85. The number of hydrogen-bond donors (Lipinski definition) is 2. The molecule has 0 bridgehead atoms. The third kappa shape index (κ3) is 3.42. The van der Waals surface area contributed by atoms with E-state index in [2.05, 4.69) is 10.6 Å². The van der Waals surface area contributed by atoms with Crippen LogP contribution in [-0.2, 0) is 9.59 Å². The van der Waals surface area contributed by atoms with Gasteiger partial charge in [-0.3, -0.25) is 14.5 Å². The number of carbonyl (C=O) groups is 3. The van der Waals surface area contributed by atoms with Gasteiger partial charge < -0.3 is 15.4 Å². The number of carbonyl (C=O) groups excluding carboxylic acids is 3. The van der Waals surface area contributed by atoms with Gasteiger partial charge in [-0.25, -0.2) is 4.79 Å². The van der Waals surface area contributed by atoms with Crippen LogP contribution in [0, 0.1) is 0 Å². The van der Waals surface area contributed by atoms with E-state index in [4.69, 9.17) is 16.3 Å². The maximum Gasteiger partial charge on any atom is 0.325 e. The highest BCUT2D eigenvalue weighted by Crippen LogP contribution is 2.35. The van der Waals surface area contributed by atoms with Crippen molar-refractivity contribution < 1.29 is 19.1 Å². The Bertz CT molecular complexity index is 716. The molecule has 8 heteroatoms. The number of methoxy groups -OCH3 is 1. The molecule has 4 amide bonds. The topological polar surface area (TPSA) is 87.7 Å². The molecule has 0 aromatic heterocycles. The number of amides is 4. The molecule has 2 N–H and O–H groups in total. The number of benzene rings is 1. The van der Waals surface area contributed by atoms with E-state index < -0.39 is 11.6 Å². The number of urea groups is 1. The third-order valence-electron chi connectivity index (χ3n) is 4.70. The Morgan fingerprint density at radius 3 is 2.72 bits per heavy atom. The summed E-state index contributed by atoms with van der Waals surface area (Å²) in [4.78, 5) is 37.8. The molecular weight excluding hydrogens is 346 g/mol. The van der Waals surface area contributed by atoms with Gasteiger partial charge in [-0.05, 0) is 31.0 Å². The van der Waals surface area contributed by atoms with E-state index in [9.17, 15) is 14.4 Å². The van der Waals surface area contributed by atoms with E-state index in [0.29, 0.717) is 29.3 Å². The van der Waals surface area contributed by atoms with E-state index in [-0.39, 0.29) is 24.8 Å². The van der Waals surface area contributed by atoms with Gasteiger partial charge in [0.1, 0.15) is 11.3 Å². The lowest BCUT2D eigenvalue weighted by molar-refractivity contribution is -0.131. The molecule has 1 spiro atoms. The Labute approximate surface area is 150 Å². The van der Waals surface area contributed by atoms with Crippen LogP contribution >= 0.6 is 11.6 Å². The Morgan fingerprint density at radius 2 is 2.08 bits per heavy atom. The molecule has 1 saturated heterocycles. The molecule has 2 fully saturated rings. The zero-order valence-electron chi connectivity index (χ0n) is 13.9. The first-order chi connectivity index (χ1) is 11.9. The number of nitrogens with one attached hydrogen (secondary N) is 2. The Balaban J connectivity index is 1.56. The summed E-state index contributed by atoms with van der Waals surface area (Å²) in [5.74, 6) is 0.00496. The van der Waals surface area contributed by atoms with Crippen molar-refractivity contribution in [1.29, 1.82) is 0 Å². The highest BCUT2D eigenvalue weighted by molar-refractivity contribution is 6.32. The lowest BCUT2D eigenvalue weighted by atomic mass is 9.98. The number of nitrogens with zero attached hydrogens (tertiary/aromatic N) is 1. The van der Waals surface area contributed by atoms with E-state index in [1.54, 1.807) is 18.2 Å². The number of ether oxygens (including phenoxy) is 1. The van der Waals surface area contributed by atoms with Crippen LogP contribution in [0.4, 0.5) is 10.5 Å². The first-order valence-corrected chi connectivity index (χ1v) is 8.60. The monoisotopic (exact) mass is 365 g/mol. The van der Waals surface area contributed by atoms with Gasteiger partial charge in [0.05, 0.1) is 12.1 Å². The van der Waals surface area contributed by atoms with E-state index in [0.717, 1.165) is 17.7 Å². The molecule has 0 radical (unpaired) electrons. The normalized spacial score (nSPS) is 18.6. The van der Waals surface area contributed by atoms with E-state index in [1.165, 1.54) is 7.11 Å². The largest absolute Gasteiger partial charge is 0.495 e. The van der Waals surface area contributed by atoms with Crippen molar-refractivity contribution in [1.82, 2.24) is 10.2 Å². The van der Waals surface area contributed by atoms with Crippen molar-refractivity contribution in [2.75, 3.05) is 19.0 Å². The molecule has 134 valence electrons. The van der Waals surface area contributed by atoms with Crippen LogP contribution in [0.3, 0.4) is 0 Å². The first-order valence-electron chi connectivity index (χ1n) is 8.23. The van der Waals surface area contributed by atoms with Crippen LogP contribution in [0.5, 0.6) is 5.75 Å². The van der Waals surface area contributed by atoms with Crippen molar-refractivity contribution in [2.24, 2.45) is 0 Å². The average molecular weight is 366 g/mol. The molecule has 0 atom stereocenters. The molecular formula is C17H20ClN3O4. The maximum atomic E-state index is 12.5. The highest BCUT2D eigenvalue weighted by atomic mass is 35.5. The van der Waals surface area contributed by atoms with Gasteiger partial charge in [-0.15, -0.1) is 0 Å². The van der Waals surface area contributed by atoms with E-state index >= 15 is 0 Å². The molecule has 1 saturated carbocycles. The molecule has 1 heterocycles. The molecule has 25 heavy (non-hydrogen) atoms. The second-order valence-electron chi connectivity index (χ2n) is 6.32. The fraction of sp³-hybridized carbons (Fsp3) is 0.471. The summed E-state index contributed by atoms with van der Waals surface area (Å²) < 4.78 is 5.06. The molecule has 3 rings (SSSR count). The first kappa shape index (κ1) is 17.5. The van der Waals surface area contributed by atoms with Crippen LogP contribution in [0.25, 0.3) is 0 Å². The molecule has 1 aromatic rings. The predicted molar refractivity (Wildman–Crippen MR) is 92.7 cm³/mol. The van der Waals surface area contributed by atoms with Gasteiger partial charge in [0.25, 0.3) is 5.91 Å². The molecule has 2 aliphatic rings. The zero-order chi connectivity index (χ0) is 18.0. The number of imide groups is 1. The van der Waals surface area contributed by atoms with Crippen molar-refractivity contribution in [3.63, 3.8) is 0 Å².